The van der Waals surface area contributed by atoms with E-state index in [0.717, 1.165) is 0 Å². The van der Waals surface area contributed by atoms with Gasteiger partial charge in [0.15, 0.2) is 0 Å². The maximum Gasteiger partial charge on any atom is 0.270 e. The zero-order valence-electron chi connectivity index (χ0n) is 10.7. The van der Waals surface area contributed by atoms with Gasteiger partial charge in [0.2, 0.25) is 0 Å². The molecule has 0 saturated carbocycles. The molecule has 1 N–H and O–H groups in total. The second-order valence-corrected chi connectivity index (χ2v) is 4.38. The Morgan fingerprint density at radius 2 is 2.22 bits per heavy atom. The van der Waals surface area contributed by atoms with Crippen LogP contribution in [0.15, 0.2) is 18.2 Å². The van der Waals surface area contributed by atoms with Gasteiger partial charge in [-0.1, -0.05) is 5.92 Å². The van der Waals surface area contributed by atoms with E-state index in [1.54, 1.807) is 6.07 Å². The molecule has 0 amide bonds. The molecule has 0 aromatic heterocycles. The average Bonchev–Trinajstić information content (AvgIpc) is 2.36. The molecule has 0 bridgehead atoms. The van der Waals surface area contributed by atoms with Crippen molar-refractivity contribution < 1.29 is 9.66 Å². The molecule has 0 atom stereocenters. The second kappa shape index (κ2) is 5.52. The van der Waals surface area contributed by atoms with Gasteiger partial charge in [-0.3, -0.25) is 15.4 Å². The number of rotatable bonds is 5. The second-order valence-electron chi connectivity index (χ2n) is 4.38. The van der Waals surface area contributed by atoms with Gasteiger partial charge in [-0.05, 0) is 19.9 Å². The number of nitro groups is 1. The lowest BCUT2D eigenvalue weighted by Crippen LogP contribution is -2.37. The first-order valence-electron chi connectivity index (χ1n) is 5.43. The van der Waals surface area contributed by atoms with Crippen LogP contribution in [0.5, 0.6) is 5.75 Å². The van der Waals surface area contributed by atoms with Crippen molar-refractivity contribution in [2.45, 2.75) is 25.9 Å². The minimum absolute atomic E-state index is 0.0334. The van der Waals surface area contributed by atoms with E-state index in [-0.39, 0.29) is 5.69 Å². The van der Waals surface area contributed by atoms with Crippen LogP contribution in [0.25, 0.3) is 0 Å². The van der Waals surface area contributed by atoms with Gasteiger partial charge in [0.05, 0.1) is 17.6 Å². The maximum absolute atomic E-state index is 10.7. The molecule has 0 aliphatic carbocycles. The Labute approximate surface area is 106 Å². The van der Waals surface area contributed by atoms with Crippen molar-refractivity contribution in [1.82, 2.24) is 5.32 Å². The average molecular weight is 248 g/mol. The topological polar surface area (TPSA) is 64.4 Å². The summed E-state index contributed by atoms with van der Waals surface area (Å²) >= 11 is 0. The van der Waals surface area contributed by atoms with Crippen LogP contribution in [0.3, 0.4) is 0 Å². The molecule has 0 unspecified atom stereocenters. The van der Waals surface area contributed by atoms with Crippen LogP contribution in [-0.2, 0) is 6.54 Å². The minimum Gasteiger partial charge on any atom is -0.496 e. The molecule has 0 heterocycles. The zero-order valence-corrected chi connectivity index (χ0v) is 10.7. The van der Waals surface area contributed by atoms with Crippen LogP contribution in [0.1, 0.15) is 19.4 Å². The fraction of sp³-hybridized carbons (Fsp3) is 0.385. The van der Waals surface area contributed by atoms with Crippen molar-refractivity contribution in [3.63, 3.8) is 0 Å². The molecule has 0 aliphatic rings. The number of hydrogen-bond donors (Lipinski definition) is 1. The molecular formula is C13H16N2O3. The number of nitro benzene ring substituents is 1. The van der Waals surface area contributed by atoms with Crippen LogP contribution in [0.4, 0.5) is 5.69 Å². The van der Waals surface area contributed by atoms with E-state index in [9.17, 15) is 10.1 Å². The normalized spacial score (nSPS) is 10.8. The summed E-state index contributed by atoms with van der Waals surface area (Å²) in [6.07, 6.45) is 5.37. The molecule has 5 nitrogen and oxygen atoms in total. The lowest BCUT2D eigenvalue weighted by atomic mass is 10.1. The summed E-state index contributed by atoms with van der Waals surface area (Å²) in [5.41, 5.74) is 0.261. The predicted molar refractivity (Wildman–Crippen MR) is 69.4 cm³/mol. The zero-order chi connectivity index (χ0) is 13.8. The van der Waals surface area contributed by atoms with Gasteiger partial charge in [-0.2, -0.15) is 0 Å². The van der Waals surface area contributed by atoms with Crippen LogP contribution in [0.2, 0.25) is 0 Å². The van der Waals surface area contributed by atoms with Gasteiger partial charge in [0.1, 0.15) is 5.75 Å². The number of hydrogen-bond acceptors (Lipinski definition) is 4. The van der Waals surface area contributed by atoms with Crippen molar-refractivity contribution in [1.29, 1.82) is 0 Å². The third-order valence-corrected chi connectivity index (χ3v) is 2.56. The van der Waals surface area contributed by atoms with Gasteiger partial charge in [0, 0.05) is 24.2 Å². The first kappa shape index (κ1) is 14.0. The number of benzene rings is 1. The van der Waals surface area contributed by atoms with E-state index < -0.39 is 10.5 Å². The van der Waals surface area contributed by atoms with E-state index in [1.165, 1.54) is 19.2 Å². The highest BCUT2D eigenvalue weighted by Gasteiger charge is 2.16. The van der Waals surface area contributed by atoms with Gasteiger partial charge in [0.25, 0.3) is 5.69 Å². The third kappa shape index (κ3) is 3.47. The van der Waals surface area contributed by atoms with Crippen LogP contribution in [0, 0.1) is 22.5 Å². The first-order valence-corrected chi connectivity index (χ1v) is 5.43. The van der Waals surface area contributed by atoms with E-state index in [4.69, 9.17) is 11.2 Å². The number of ether oxygens (including phenoxy) is 1. The van der Waals surface area contributed by atoms with E-state index in [1.807, 2.05) is 13.8 Å². The summed E-state index contributed by atoms with van der Waals surface area (Å²) in [6, 6.07) is 4.48. The molecule has 0 radical (unpaired) electrons. The molecule has 18 heavy (non-hydrogen) atoms. The number of nitrogens with zero attached hydrogens (tertiary/aromatic N) is 1. The highest BCUT2D eigenvalue weighted by molar-refractivity contribution is 5.43. The Kier molecular flexibility index (Phi) is 4.29. The Morgan fingerprint density at radius 1 is 1.56 bits per heavy atom. The van der Waals surface area contributed by atoms with E-state index in [0.29, 0.717) is 17.9 Å². The minimum atomic E-state index is -0.477. The largest absolute Gasteiger partial charge is 0.496 e. The van der Waals surface area contributed by atoms with Gasteiger partial charge < -0.3 is 4.74 Å². The summed E-state index contributed by atoms with van der Waals surface area (Å²) in [6.45, 7) is 4.12. The fourth-order valence-electron chi connectivity index (χ4n) is 1.38. The molecule has 5 heteroatoms. The quantitative estimate of drug-likeness (QED) is 0.492. The number of nitrogens with one attached hydrogen (secondary N) is 1. The highest BCUT2D eigenvalue weighted by Crippen LogP contribution is 2.24. The number of non-ortho nitro benzene ring substituents is 1. The Hall–Kier alpha value is -2.06. The van der Waals surface area contributed by atoms with Crippen molar-refractivity contribution >= 4 is 5.69 Å². The standard InChI is InChI=1S/C13H16N2O3/c1-5-13(2,3)14-9-10-8-11(15(16)17)6-7-12(10)18-4/h1,6-8,14H,9H2,2-4H3. The maximum atomic E-state index is 10.7. The Bertz CT molecular complexity index is 489. The highest BCUT2D eigenvalue weighted by atomic mass is 16.6. The molecular weight excluding hydrogens is 232 g/mol. The SMILES string of the molecule is C#CC(C)(C)NCc1cc([N+](=O)[O-])ccc1OC. The van der Waals surface area contributed by atoms with Gasteiger partial charge >= 0.3 is 0 Å². The molecule has 0 saturated heterocycles. The smallest absolute Gasteiger partial charge is 0.270 e. The van der Waals surface area contributed by atoms with Gasteiger partial charge in [-0.25, -0.2) is 0 Å². The summed E-state index contributed by atoms with van der Waals surface area (Å²) in [4.78, 5) is 10.3. The van der Waals surface area contributed by atoms with Crippen molar-refractivity contribution in [3.8, 4) is 18.1 Å². The van der Waals surface area contributed by atoms with Gasteiger partial charge in [-0.15, -0.1) is 6.42 Å². The molecule has 1 rings (SSSR count). The molecule has 0 fully saturated rings. The Morgan fingerprint density at radius 3 is 2.72 bits per heavy atom. The van der Waals surface area contributed by atoms with Crippen molar-refractivity contribution in [3.05, 3.63) is 33.9 Å². The van der Waals surface area contributed by atoms with Crippen molar-refractivity contribution in [2.75, 3.05) is 7.11 Å². The van der Waals surface area contributed by atoms with E-state index in [2.05, 4.69) is 11.2 Å². The summed E-state index contributed by atoms with van der Waals surface area (Å²) in [5.74, 6) is 3.20. The molecule has 96 valence electrons. The molecule has 1 aromatic rings. The summed E-state index contributed by atoms with van der Waals surface area (Å²) in [7, 11) is 1.52. The monoisotopic (exact) mass is 248 g/mol. The lowest BCUT2D eigenvalue weighted by molar-refractivity contribution is -0.384. The summed E-state index contributed by atoms with van der Waals surface area (Å²) < 4.78 is 5.16. The Balaban J connectivity index is 2.96. The van der Waals surface area contributed by atoms with Crippen LogP contribution in [-0.4, -0.2) is 17.6 Å². The van der Waals surface area contributed by atoms with Crippen molar-refractivity contribution in [2.24, 2.45) is 0 Å². The first-order chi connectivity index (χ1) is 8.39. The molecule has 0 spiro atoms. The predicted octanol–water partition coefficient (Wildman–Crippen LogP) is 2.10. The van der Waals surface area contributed by atoms with E-state index >= 15 is 0 Å². The van der Waals surface area contributed by atoms with Crippen LogP contribution < -0.4 is 10.1 Å². The fourth-order valence-corrected chi connectivity index (χ4v) is 1.38. The van der Waals surface area contributed by atoms with Crippen LogP contribution >= 0.6 is 0 Å². The molecule has 1 aromatic carbocycles. The molecule has 0 aliphatic heterocycles. The number of terminal acetylenes is 1. The third-order valence-electron chi connectivity index (χ3n) is 2.56. The lowest BCUT2D eigenvalue weighted by Gasteiger charge is -2.20. The summed E-state index contributed by atoms with van der Waals surface area (Å²) in [5, 5.41) is 13.8. The number of methoxy groups -OCH3 is 1.